The first-order chi connectivity index (χ1) is 13.6. The van der Waals surface area contributed by atoms with Gasteiger partial charge in [-0.05, 0) is 43.6 Å². The standard InChI is InChI=1S/C21H29N5O2/c1-4-26(5-2)18-10-11-28-19(12-18)15-6-8-17(9-7-15)25-20(27)16-13-23-21(22-3)24-14-16/h6-9,13-14,18-19H,4-5,10-12H2,1-3H3,(H,25,27)(H,22,23,24)/t18-,19+/m1/s1. The summed E-state index contributed by atoms with van der Waals surface area (Å²) < 4.78 is 6.01. The minimum atomic E-state index is -0.231. The van der Waals surface area contributed by atoms with Crippen LogP contribution in [-0.4, -0.2) is 53.6 Å². The molecule has 2 aromatic rings. The Labute approximate surface area is 166 Å². The molecule has 7 nitrogen and oxygen atoms in total. The van der Waals surface area contributed by atoms with E-state index in [-0.39, 0.29) is 12.0 Å². The summed E-state index contributed by atoms with van der Waals surface area (Å²) in [7, 11) is 1.73. The van der Waals surface area contributed by atoms with E-state index in [0.29, 0.717) is 17.6 Å². The molecule has 2 atom stereocenters. The minimum absolute atomic E-state index is 0.103. The molecular weight excluding hydrogens is 354 g/mol. The second kappa shape index (κ2) is 9.61. The van der Waals surface area contributed by atoms with Crippen LogP contribution in [0.3, 0.4) is 0 Å². The zero-order chi connectivity index (χ0) is 19.9. The number of nitrogens with one attached hydrogen (secondary N) is 2. The predicted octanol–water partition coefficient (Wildman–Crippen LogP) is 3.33. The highest BCUT2D eigenvalue weighted by Crippen LogP contribution is 2.31. The van der Waals surface area contributed by atoms with Gasteiger partial charge in [0.05, 0.1) is 11.7 Å². The average molecular weight is 383 g/mol. The van der Waals surface area contributed by atoms with Gasteiger partial charge in [0.15, 0.2) is 0 Å². The first kappa shape index (κ1) is 20.2. The minimum Gasteiger partial charge on any atom is -0.373 e. The van der Waals surface area contributed by atoms with Crippen molar-refractivity contribution in [3.63, 3.8) is 0 Å². The normalized spacial score (nSPS) is 19.4. The van der Waals surface area contributed by atoms with Crippen LogP contribution in [0.25, 0.3) is 0 Å². The summed E-state index contributed by atoms with van der Waals surface area (Å²) in [5.74, 6) is 0.252. The number of amides is 1. The third kappa shape index (κ3) is 4.85. The van der Waals surface area contributed by atoms with Crippen LogP contribution >= 0.6 is 0 Å². The molecule has 1 saturated heterocycles. The zero-order valence-electron chi connectivity index (χ0n) is 16.8. The number of hydrogen-bond acceptors (Lipinski definition) is 6. The molecule has 1 aliphatic heterocycles. The fourth-order valence-corrected chi connectivity index (χ4v) is 3.64. The van der Waals surface area contributed by atoms with Crippen LogP contribution in [0.15, 0.2) is 36.7 Å². The van der Waals surface area contributed by atoms with Crippen LogP contribution in [0.2, 0.25) is 0 Å². The third-order valence-corrected chi connectivity index (χ3v) is 5.26. The second-order valence-corrected chi connectivity index (χ2v) is 6.88. The van der Waals surface area contributed by atoms with Gasteiger partial charge in [-0.25, -0.2) is 9.97 Å². The van der Waals surface area contributed by atoms with Crippen molar-refractivity contribution in [2.75, 3.05) is 37.4 Å². The molecule has 0 bridgehead atoms. The summed E-state index contributed by atoms with van der Waals surface area (Å²) in [4.78, 5) is 23.0. The highest BCUT2D eigenvalue weighted by atomic mass is 16.5. The van der Waals surface area contributed by atoms with Gasteiger partial charge in [0.25, 0.3) is 5.91 Å². The Bertz CT molecular complexity index is 759. The highest BCUT2D eigenvalue weighted by Gasteiger charge is 2.26. The number of rotatable bonds is 7. The fraction of sp³-hybridized carbons (Fsp3) is 0.476. The molecule has 7 heteroatoms. The summed E-state index contributed by atoms with van der Waals surface area (Å²) >= 11 is 0. The molecule has 0 spiro atoms. The van der Waals surface area contributed by atoms with Crippen LogP contribution in [-0.2, 0) is 4.74 Å². The first-order valence-electron chi connectivity index (χ1n) is 9.91. The SMILES string of the molecule is CCN(CC)[C@@H]1CCO[C@H](c2ccc(NC(=O)c3cnc(NC)nc3)cc2)C1. The van der Waals surface area contributed by atoms with Crippen molar-refractivity contribution >= 4 is 17.5 Å². The lowest BCUT2D eigenvalue weighted by molar-refractivity contribution is -0.0265. The molecule has 2 N–H and O–H groups in total. The molecule has 3 rings (SSSR count). The molecule has 2 heterocycles. The fourth-order valence-electron chi connectivity index (χ4n) is 3.64. The molecule has 1 aliphatic rings. The highest BCUT2D eigenvalue weighted by molar-refractivity contribution is 6.03. The van der Waals surface area contributed by atoms with Gasteiger partial charge in [0, 0.05) is 37.8 Å². The molecule has 0 radical (unpaired) electrons. The third-order valence-electron chi connectivity index (χ3n) is 5.26. The summed E-state index contributed by atoms with van der Waals surface area (Å²) in [6.07, 6.45) is 5.20. The van der Waals surface area contributed by atoms with Crippen molar-refractivity contribution in [1.82, 2.24) is 14.9 Å². The number of carbonyl (C=O) groups excluding carboxylic acids is 1. The summed E-state index contributed by atoms with van der Waals surface area (Å²) in [5.41, 5.74) is 2.31. The van der Waals surface area contributed by atoms with Gasteiger partial charge in [-0.3, -0.25) is 4.79 Å². The van der Waals surface area contributed by atoms with Gasteiger partial charge < -0.3 is 20.3 Å². The number of benzene rings is 1. The van der Waals surface area contributed by atoms with Crippen molar-refractivity contribution in [3.8, 4) is 0 Å². The Morgan fingerprint density at radius 2 is 1.86 bits per heavy atom. The van der Waals surface area contributed by atoms with Crippen molar-refractivity contribution in [1.29, 1.82) is 0 Å². The smallest absolute Gasteiger partial charge is 0.258 e. The van der Waals surface area contributed by atoms with Crippen molar-refractivity contribution in [3.05, 3.63) is 47.8 Å². The molecule has 1 aromatic carbocycles. The molecule has 28 heavy (non-hydrogen) atoms. The van der Waals surface area contributed by atoms with Crippen molar-refractivity contribution in [2.45, 2.75) is 38.8 Å². The van der Waals surface area contributed by atoms with Crippen molar-refractivity contribution in [2.24, 2.45) is 0 Å². The van der Waals surface area contributed by atoms with E-state index in [9.17, 15) is 4.79 Å². The maximum Gasteiger partial charge on any atom is 0.258 e. The predicted molar refractivity (Wildman–Crippen MR) is 111 cm³/mol. The van der Waals surface area contributed by atoms with E-state index in [1.807, 2.05) is 24.3 Å². The lowest BCUT2D eigenvalue weighted by Gasteiger charge is -2.36. The van der Waals surface area contributed by atoms with Gasteiger partial charge in [-0.2, -0.15) is 0 Å². The van der Waals surface area contributed by atoms with E-state index in [1.165, 1.54) is 12.4 Å². The van der Waals surface area contributed by atoms with E-state index in [0.717, 1.165) is 43.8 Å². The number of nitrogens with zero attached hydrogens (tertiary/aromatic N) is 3. The van der Waals surface area contributed by atoms with Crippen LogP contribution in [0, 0.1) is 0 Å². The molecule has 1 aromatic heterocycles. The van der Waals surface area contributed by atoms with E-state index < -0.39 is 0 Å². The van der Waals surface area contributed by atoms with Gasteiger partial charge in [0.1, 0.15) is 0 Å². The Hall–Kier alpha value is -2.51. The Morgan fingerprint density at radius 1 is 1.18 bits per heavy atom. The van der Waals surface area contributed by atoms with Gasteiger partial charge in [-0.1, -0.05) is 26.0 Å². The molecule has 1 amide bonds. The first-order valence-corrected chi connectivity index (χ1v) is 9.91. The topological polar surface area (TPSA) is 79.4 Å². The Morgan fingerprint density at radius 3 is 2.46 bits per heavy atom. The molecule has 0 unspecified atom stereocenters. The maximum absolute atomic E-state index is 12.3. The Kier molecular flexibility index (Phi) is 6.95. The molecular formula is C21H29N5O2. The lowest BCUT2D eigenvalue weighted by Crippen LogP contribution is -2.40. The van der Waals surface area contributed by atoms with Crippen LogP contribution in [0.1, 0.15) is 48.7 Å². The van der Waals surface area contributed by atoms with Crippen molar-refractivity contribution < 1.29 is 9.53 Å². The molecule has 1 fully saturated rings. The number of carbonyl (C=O) groups is 1. The molecule has 0 aliphatic carbocycles. The number of ether oxygens (including phenoxy) is 1. The average Bonchev–Trinajstić information content (AvgIpc) is 2.75. The van der Waals surface area contributed by atoms with E-state index in [1.54, 1.807) is 7.05 Å². The van der Waals surface area contributed by atoms with Crippen LogP contribution in [0.5, 0.6) is 0 Å². The lowest BCUT2D eigenvalue weighted by atomic mass is 9.96. The zero-order valence-corrected chi connectivity index (χ0v) is 16.8. The largest absolute Gasteiger partial charge is 0.373 e. The van der Waals surface area contributed by atoms with Gasteiger partial charge in [-0.15, -0.1) is 0 Å². The van der Waals surface area contributed by atoms with E-state index in [2.05, 4.69) is 39.3 Å². The quantitative estimate of drug-likeness (QED) is 0.763. The number of hydrogen-bond donors (Lipinski definition) is 2. The van der Waals surface area contributed by atoms with Gasteiger partial charge >= 0.3 is 0 Å². The maximum atomic E-state index is 12.3. The molecule has 150 valence electrons. The molecule has 0 saturated carbocycles. The number of anilines is 2. The van der Waals surface area contributed by atoms with Crippen LogP contribution in [0.4, 0.5) is 11.6 Å². The van der Waals surface area contributed by atoms with Crippen LogP contribution < -0.4 is 10.6 Å². The summed E-state index contributed by atoms with van der Waals surface area (Å²) in [6.45, 7) is 7.34. The summed E-state index contributed by atoms with van der Waals surface area (Å²) in [5, 5.41) is 5.71. The number of aromatic nitrogens is 2. The Balaban J connectivity index is 1.61. The van der Waals surface area contributed by atoms with E-state index >= 15 is 0 Å². The second-order valence-electron chi connectivity index (χ2n) is 6.88. The summed E-state index contributed by atoms with van der Waals surface area (Å²) in [6, 6.07) is 8.46. The monoisotopic (exact) mass is 383 g/mol. The van der Waals surface area contributed by atoms with Gasteiger partial charge in [0.2, 0.25) is 5.95 Å². The van der Waals surface area contributed by atoms with E-state index in [4.69, 9.17) is 4.74 Å².